The highest BCUT2D eigenvalue weighted by molar-refractivity contribution is 5.98. The van der Waals surface area contributed by atoms with Crippen molar-refractivity contribution in [1.29, 1.82) is 0 Å². The van der Waals surface area contributed by atoms with Gasteiger partial charge in [-0.25, -0.2) is 9.37 Å². The predicted molar refractivity (Wildman–Crippen MR) is 109 cm³/mol. The Hall–Kier alpha value is -3.28. The third-order valence-corrected chi connectivity index (χ3v) is 4.87. The lowest BCUT2D eigenvalue weighted by Crippen LogP contribution is -2.31. The summed E-state index contributed by atoms with van der Waals surface area (Å²) in [5.74, 6) is -0.171. The lowest BCUT2D eigenvalue weighted by atomic mass is 10.0. The third kappa shape index (κ3) is 5.16. The van der Waals surface area contributed by atoms with E-state index in [9.17, 15) is 14.0 Å². The first-order valence-electron chi connectivity index (χ1n) is 9.62. The van der Waals surface area contributed by atoms with Gasteiger partial charge in [-0.2, -0.15) is 0 Å². The molecule has 3 aromatic rings. The summed E-state index contributed by atoms with van der Waals surface area (Å²) in [5, 5.41) is 2.89. The van der Waals surface area contributed by atoms with Crippen molar-refractivity contribution in [3.05, 3.63) is 89.3 Å². The number of halogens is 1. The zero-order valence-corrected chi connectivity index (χ0v) is 16.6. The molecule has 0 aliphatic rings. The lowest BCUT2D eigenvalue weighted by molar-refractivity contribution is -0.121. The van der Waals surface area contributed by atoms with Gasteiger partial charge >= 0.3 is 0 Å². The number of hydrogen-bond donors (Lipinski definition) is 1. The molecule has 0 saturated carbocycles. The summed E-state index contributed by atoms with van der Waals surface area (Å²) in [7, 11) is 1.81. The Morgan fingerprint density at radius 1 is 1.14 bits per heavy atom. The maximum Gasteiger partial charge on any atom is 0.221 e. The smallest absolute Gasteiger partial charge is 0.221 e. The first-order chi connectivity index (χ1) is 14.0. The number of carbonyl (C=O) groups is 2. The largest absolute Gasteiger partial charge is 0.342 e. The van der Waals surface area contributed by atoms with E-state index in [1.165, 1.54) is 12.1 Å². The van der Waals surface area contributed by atoms with Crippen LogP contribution in [0.25, 0.3) is 0 Å². The number of ketones is 1. The van der Waals surface area contributed by atoms with Gasteiger partial charge in [-0.3, -0.25) is 9.59 Å². The summed E-state index contributed by atoms with van der Waals surface area (Å²) in [6.07, 6.45) is 4.44. The Bertz CT molecular complexity index is 995. The Kier molecular flexibility index (Phi) is 6.54. The van der Waals surface area contributed by atoms with Crippen LogP contribution in [0, 0.1) is 5.82 Å². The van der Waals surface area contributed by atoms with Crippen LogP contribution in [0.15, 0.2) is 60.9 Å². The van der Waals surface area contributed by atoms with Crippen LogP contribution in [0.4, 0.5) is 4.39 Å². The zero-order valence-electron chi connectivity index (χ0n) is 16.6. The second-order valence-electron chi connectivity index (χ2n) is 6.93. The van der Waals surface area contributed by atoms with Gasteiger partial charge in [0.2, 0.25) is 5.91 Å². The molecule has 2 aromatic carbocycles. The van der Waals surface area contributed by atoms with Crippen LogP contribution in [0.2, 0.25) is 0 Å². The van der Waals surface area contributed by atoms with Gasteiger partial charge in [0, 0.05) is 37.8 Å². The van der Waals surface area contributed by atoms with Gasteiger partial charge in [0.25, 0.3) is 0 Å². The van der Waals surface area contributed by atoms with E-state index in [-0.39, 0.29) is 30.3 Å². The van der Waals surface area contributed by atoms with Crippen LogP contribution < -0.4 is 5.32 Å². The van der Waals surface area contributed by atoms with Gasteiger partial charge in [0.1, 0.15) is 17.7 Å². The van der Waals surface area contributed by atoms with Crippen molar-refractivity contribution in [3.8, 4) is 0 Å². The number of rotatable bonds is 8. The molecule has 3 rings (SSSR count). The van der Waals surface area contributed by atoms with Crippen LogP contribution in [0.3, 0.4) is 0 Å². The molecular formula is C23H24FN3O2. The number of Topliss-reactive ketones (excluding diaryl/α,β-unsaturated/α-hetero) is 1. The summed E-state index contributed by atoms with van der Waals surface area (Å²) in [4.78, 5) is 29.2. The molecule has 0 aliphatic carbocycles. The molecule has 0 spiro atoms. The number of benzene rings is 2. The Morgan fingerprint density at radius 2 is 1.90 bits per heavy atom. The predicted octanol–water partition coefficient (Wildman–Crippen LogP) is 3.99. The Morgan fingerprint density at radius 3 is 2.52 bits per heavy atom. The molecule has 0 fully saturated rings. The highest BCUT2D eigenvalue weighted by Crippen LogP contribution is 2.21. The fourth-order valence-electron chi connectivity index (χ4n) is 3.17. The third-order valence-electron chi connectivity index (χ3n) is 4.87. The van der Waals surface area contributed by atoms with Gasteiger partial charge in [0.05, 0.1) is 0 Å². The van der Waals surface area contributed by atoms with Crippen LogP contribution >= 0.6 is 0 Å². The van der Waals surface area contributed by atoms with E-state index < -0.39 is 6.04 Å². The number of aromatic nitrogens is 2. The number of amides is 1. The minimum Gasteiger partial charge on any atom is -0.342 e. The molecule has 29 heavy (non-hydrogen) atoms. The summed E-state index contributed by atoms with van der Waals surface area (Å²) in [6, 6.07) is 12.9. The van der Waals surface area contributed by atoms with Crippen LogP contribution in [0.5, 0.6) is 0 Å². The summed E-state index contributed by atoms with van der Waals surface area (Å²) in [6.45, 7) is 2.05. The van der Waals surface area contributed by atoms with E-state index >= 15 is 0 Å². The minimum absolute atomic E-state index is 0.0462. The second-order valence-corrected chi connectivity index (χ2v) is 6.93. The van der Waals surface area contributed by atoms with Gasteiger partial charge in [-0.05, 0) is 29.7 Å². The van der Waals surface area contributed by atoms with Crippen molar-refractivity contribution in [2.45, 2.75) is 32.2 Å². The number of imidazole rings is 1. The van der Waals surface area contributed by atoms with Crippen molar-refractivity contribution in [1.82, 2.24) is 14.9 Å². The van der Waals surface area contributed by atoms with Crippen LogP contribution in [0.1, 0.15) is 53.1 Å². The number of aryl methyl sites for hydroxylation is 2. The minimum atomic E-state index is -0.600. The van der Waals surface area contributed by atoms with E-state index in [0.717, 1.165) is 12.0 Å². The fraction of sp³-hybridized carbons (Fsp3) is 0.261. The molecule has 150 valence electrons. The first-order valence-corrected chi connectivity index (χ1v) is 9.62. The normalized spacial score (nSPS) is 11.8. The number of hydrogen-bond acceptors (Lipinski definition) is 3. The van der Waals surface area contributed by atoms with E-state index in [2.05, 4.69) is 17.2 Å². The standard InChI is InChI=1S/C23H24FN3O2/c1-3-16-7-9-17(10-8-16)20(28)11-12-21(29)26-22(23-25-13-14-27(23)2)18-5-4-6-19(24)15-18/h4-10,13-15,22H,3,11-12H2,1-2H3,(H,26,29). The molecule has 1 unspecified atom stereocenters. The van der Waals surface area contributed by atoms with Crippen molar-refractivity contribution < 1.29 is 14.0 Å². The van der Waals surface area contributed by atoms with E-state index in [0.29, 0.717) is 17.0 Å². The summed E-state index contributed by atoms with van der Waals surface area (Å²) in [5.41, 5.74) is 2.35. The van der Waals surface area contributed by atoms with Gasteiger partial charge in [0.15, 0.2) is 5.78 Å². The molecule has 6 heteroatoms. The molecule has 0 saturated heterocycles. The fourth-order valence-corrected chi connectivity index (χ4v) is 3.17. The van der Waals surface area contributed by atoms with Gasteiger partial charge < -0.3 is 9.88 Å². The van der Waals surface area contributed by atoms with Crippen molar-refractivity contribution in [2.75, 3.05) is 0 Å². The molecule has 5 nitrogen and oxygen atoms in total. The number of carbonyl (C=O) groups excluding carboxylic acids is 2. The van der Waals surface area contributed by atoms with Crippen LogP contribution in [-0.4, -0.2) is 21.2 Å². The SMILES string of the molecule is CCc1ccc(C(=O)CCC(=O)NC(c2cccc(F)c2)c2nccn2C)cc1. The molecule has 1 aromatic heterocycles. The number of nitrogens with one attached hydrogen (secondary N) is 1. The Balaban J connectivity index is 1.68. The van der Waals surface area contributed by atoms with Crippen molar-refractivity contribution in [3.63, 3.8) is 0 Å². The zero-order chi connectivity index (χ0) is 20.8. The second kappa shape index (κ2) is 9.28. The molecular weight excluding hydrogens is 369 g/mol. The molecule has 1 amide bonds. The topological polar surface area (TPSA) is 64.0 Å². The quantitative estimate of drug-likeness (QED) is 0.589. The monoisotopic (exact) mass is 393 g/mol. The van der Waals surface area contributed by atoms with Gasteiger partial charge in [-0.1, -0.05) is 43.3 Å². The average Bonchev–Trinajstić information content (AvgIpc) is 3.15. The number of nitrogens with zero attached hydrogens (tertiary/aromatic N) is 2. The average molecular weight is 393 g/mol. The maximum absolute atomic E-state index is 13.7. The highest BCUT2D eigenvalue weighted by Gasteiger charge is 2.21. The molecule has 0 bridgehead atoms. The molecule has 1 atom stereocenters. The Labute approximate surface area is 169 Å². The lowest BCUT2D eigenvalue weighted by Gasteiger charge is -2.19. The molecule has 1 heterocycles. The van der Waals surface area contributed by atoms with E-state index in [1.54, 1.807) is 41.2 Å². The maximum atomic E-state index is 13.7. The van der Waals surface area contributed by atoms with Crippen molar-refractivity contribution >= 4 is 11.7 Å². The highest BCUT2D eigenvalue weighted by atomic mass is 19.1. The summed E-state index contributed by atoms with van der Waals surface area (Å²) < 4.78 is 15.5. The van der Waals surface area contributed by atoms with Gasteiger partial charge in [-0.15, -0.1) is 0 Å². The molecule has 0 aliphatic heterocycles. The first kappa shape index (κ1) is 20.5. The van der Waals surface area contributed by atoms with E-state index in [1.807, 2.05) is 19.2 Å². The van der Waals surface area contributed by atoms with Crippen LogP contribution in [-0.2, 0) is 18.3 Å². The summed E-state index contributed by atoms with van der Waals surface area (Å²) >= 11 is 0. The molecule has 0 radical (unpaired) electrons. The molecule has 1 N–H and O–H groups in total. The van der Waals surface area contributed by atoms with E-state index in [4.69, 9.17) is 0 Å². The van der Waals surface area contributed by atoms with Crippen molar-refractivity contribution in [2.24, 2.45) is 7.05 Å².